The number of aldehydes is 1. The summed E-state index contributed by atoms with van der Waals surface area (Å²) in [5.74, 6) is 1.96. The summed E-state index contributed by atoms with van der Waals surface area (Å²) < 4.78 is 7.24. The minimum absolute atomic E-state index is 0.0750. The van der Waals surface area contributed by atoms with Crippen molar-refractivity contribution < 1.29 is 9.53 Å². The second-order valence-electron chi connectivity index (χ2n) is 7.59. The SMILES string of the molecule is CC.COc1ccc(-n2c(SCCC=O)nnc2-c2ccc(C(C)(C)C)cc2)cc1Cl. The van der Waals surface area contributed by atoms with E-state index >= 15 is 0 Å². The van der Waals surface area contributed by atoms with Gasteiger partial charge in [-0.1, -0.05) is 82.2 Å². The Morgan fingerprint density at radius 2 is 1.77 bits per heavy atom. The highest BCUT2D eigenvalue weighted by Crippen LogP contribution is 2.33. The molecule has 0 saturated carbocycles. The molecule has 0 radical (unpaired) electrons. The van der Waals surface area contributed by atoms with Gasteiger partial charge in [-0.25, -0.2) is 0 Å². The molecule has 5 nitrogen and oxygen atoms in total. The molecule has 3 rings (SSSR count). The number of aromatic nitrogens is 3. The smallest absolute Gasteiger partial charge is 0.196 e. The van der Waals surface area contributed by atoms with E-state index in [0.717, 1.165) is 23.4 Å². The first-order valence-electron chi connectivity index (χ1n) is 10.3. The van der Waals surface area contributed by atoms with Crippen molar-refractivity contribution in [1.29, 1.82) is 0 Å². The van der Waals surface area contributed by atoms with Gasteiger partial charge in [0.2, 0.25) is 0 Å². The molecular weight excluding hydrogens is 430 g/mol. The van der Waals surface area contributed by atoms with Gasteiger partial charge in [0.05, 0.1) is 17.8 Å². The summed E-state index contributed by atoms with van der Waals surface area (Å²) in [5, 5.41) is 10.0. The number of ether oxygens (including phenoxy) is 1. The van der Waals surface area contributed by atoms with Gasteiger partial charge < -0.3 is 9.53 Å². The van der Waals surface area contributed by atoms with Crippen molar-refractivity contribution in [3.05, 3.63) is 53.1 Å². The Morgan fingerprint density at radius 1 is 1.10 bits per heavy atom. The van der Waals surface area contributed by atoms with Crippen LogP contribution in [0.25, 0.3) is 17.1 Å². The molecule has 1 aromatic heterocycles. The lowest BCUT2D eigenvalue weighted by atomic mass is 9.87. The number of benzene rings is 2. The zero-order chi connectivity index (χ0) is 23.0. The summed E-state index contributed by atoms with van der Waals surface area (Å²) in [5.41, 5.74) is 3.12. The molecule has 0 amide bonds. The van der Waals surface area contributed by atoms with Crippen molar-refractivity contribution in [2.24, 2.45) is 0 Å². The fraction of sp³-hybridized carbons (Fsp3) is 0.375. The molecule has 0 aliphatic heterocycles. The molecule has 0 fully saturated rings. The largest absolute Gasteiger partial charge is 0.495 e. The zero-order valence-corrected chi connectivity index (χ0v) is 20.5. The van der Waals surface area contributed by atoms with Gasteiger partial charge in [-0.05, 0) is 29.2 Å². The van der Waals surface area contributed by atoms with Crippen molar-refractivity contribution in [3.63, 3.8) is 0 Å². The number of hydrogen-bond acceptors (Lipinski definition) is 5. The highest BCUT2D eigenvalue weighted by molar-refractivity contribution is 7.99. The summed E-state index contributed by atoms with van der Waals surface area (Å²) >= 11 is 7.85. The van der Waals surface area contributed by atoms with Crippen LogP contribution in [0.2, 0.25) is 5.02 Å². The Morgan fingerprint density at radius 3 is 2.32 bits per heavy atom. The maximum absolute atomic E-state index is 10.7. The third kappa shape index (κ3) is 6.11. The highest BCUT2D eigenvalue weighted by Gasteiger charge is 2.19. The summed E-state index contributed by atoms with van der Waals surface area (Å²) in [6.45, 7) is 10.6. The molecule has 0 N–H and O–H groups in total. The van der Waals surface area contributed by atoms with Crippen LogP contribution in [0.5, 0.6) is 5.75 Å². The van der Waals surface area contributed by atoms with Crippen molar-refractivity contribution in [2.45, 2.75) is 51.6 Å². The van der Waals surface area contributed by atoms with E-state index in [4.69, 9.17) is 16.3 Å². The number of methoxy groups -OCH3 is 1. The molecule has 0 atom stereocenters. The number of nitrogens with zero attached hydrogens (tertiary/aromatic N) is 3. The summed E-state index contributed by atoms with van der Waals surface area (Å²) in [7, 11) is 1.59. The van der Waals surface area contributed by atoms with Gasteiger partial charge in [0.15, 0.2) is 11.0 Å². The number of rotatable bonds is 7. The Bertz CT molecular complexity index is 995. The fourth-order valence-corrected chi connectivity index (χ4v) is 3.96. The predicted octanol–water partition coefficient (Wildman–Crippen LogP) is 6.60. The van der Waals surface area contributed by atoms with Gasteiger partial charge in [0, 0.05) is 17.7 Å². The molecule has 2 aromatic carbocycles. The molecule has 0 bridgehead atoms. The highest BCUT2D eigenvalue weighted by atomic mass is 35.5. The minimum atomic E-state index is 0.0750. The summed E-state index contributed by atoms with van der Waals surface area (Å²) in [6.07, 6.45) is 1.36. The van der Waals surface area contributed by atoms with Gasteiger partial charge in [-0.15, -0.1) is 10.2 Å². The van der Waals surface area contributed by atoms with Crippen LogP contribution in [0.15, 0.2) is 47.6 Å². The lowest BCUT2D eigenvalue weighted by Gasteiger charge is -2.19. The molecule has 0 spiro atoms. The third-order valence-corrected chi connectivity index (χ3v) is 5.76. The van der Waals surface area contributed by atoms with Crippen LogP contribution in [-0.2, 0) is 10.2 Å². The average Bonchev–Trinajstić information content (AvgIpc) is 3.18. The number of carbonyl (C=O) groups excluding carboxylic acids is 1. The van der Waals surface area contributed by atoms with E-state index < -0.39 is 0 Å². The van der Waals surface area contributed by atoms with E-state index in [9.17, 15) is 4.79 Å². The molecule has 7 heteroatoms. The van der Waals surface area contributed by atoms with Crippen molar-refractivity contribution in [1.82, 2.24) is 14.8 Å². The Kier molecular flexibility index (Phi) is 9.14. The lowest BCUT2D eigenvalue weighted by Crippen LogP contribution is -2.10. The zero-order valence-electron chi connectivity index (χ0n) is 19.0. The molecule has 166 valence electrons. The van der Waals surface area contributed by atoms with E-state index in [1.165, 1.54) is 17.3 Å². The normalized spacial score (nSPS) is 10.9. The maximum atomic E-state index is 10.7. The monoisotopic (exact) mass is 459 g/mol. The molecular formula is C24H30ClN3O2S. The molecule has 0 unspecified atom stereocenters. The topological polar surface area (TPSA) is 57.0 Å². The fourth-order valence-electron chi connectivity index (χ4n) is 2.90. The van der Waals surface area contributed by atoms with Crippen LogP contribution in [0.4, 0.5) is 0 Å². The first-order chi connectivity index (χ1) is 14.8. The van der Waals surface area contributed by atoms with Crippen LogP contribution in [0.1, 0.15) is 46.6 Å². The first kappa shape index (κ1) is 25.0. The molecule has 0 aliphatic carbocycles. The third-order valence-electron chi connectivity index (χ3n) is 4.50. The Balaban J connectivity index is 0.00000166. The Labute approximate surface area is 194 Å². The number of carbonyl (C=O) groups is 1. The summed E-state index contributed by atoms with van der Waals surface area (Å²) in [6, 6.07) is 13.9. The van der Waals surface area contributed by atoms with E-state index in [1.54, 1.807) is 7.11 Å². The van der Waals surface area contributed by atoms with Crippen molar-refractivity contribution >= 4 is 29.6 Å². The average molecular weight is 460 g/mol. The first-order valence-corrected chi connectivity index (χ1v) is 11.7. The van der Waals surface area contributed by atoms with Gasteiger partial charge >= 0.3 is 0 Å². The second-order valence-corrected chi connectivity index (χ2v) is 9.06. The number of halogens is 1. The van der Waals surface area contributed by atoms with Crippen molar-refractivity contribution in [2.75, 3.05) is 12.9 Å². The quantitative estimate of drug-likeness (QED) is 0.226. The van der Waals surface area contributed by atoms with Crippen molar-refractivity contribution in [3.8, 4) is 22.8 Å². The molecule has 0 aliphatic rings. The van der Waals surface area contributed by atoms with Crippen LogP contribution in [0.3, 0.4) is 0 Å². The van der Waals surface area contributed by atoms with E-state index in [-0.39, 0.29) is 5.41 Å². The Hall–Kier alpha value is -2.31. The number of thioether (sulfide) groups is 1. The van der Waals surface area contributed by atoms with Crippen LogP contribution in [0, 0.1) is 0 Å². The van der Waals surface area contributed by atoms with E-state index in [1.807, 2.05) is 36.6 Å². The maximum Gasteiger partial charge on any atom is 0.196 e. The van der Waals surface area contributed by atoms with Gasteiger partial charge in [0.1, 0.15) is 12.0 Å². The van der Waals surface area contributed by atoms with Crippen LogP contribution >= 0.6 is 23.4 Å². The minimum Gasteiger partial charge on any atom is -0.495 e. The molecule has 31 heavy (non-hydrogen) atoms. The number of hydrogen-bond donors (Lipinski definition) is 0. The second kappa shape index (κ2) is 11.3. The van der Waals surface area contributed by atoms with Gasteiger partial charge in [0.25, 0.3) is 0 Å². The molecule has 0 saturated heterocycles. The molecule has 1 heterocycles. The van der Waals surface area contributed by atoms with E-state index in [0.29, 0.717) is 28.1 Å². The van der Waals surface area contributed by atoms with E-state index in [2.05, 4.69) is 55.2 Å². The summed E-state index contributed by atoms with van der Waals surface area (Å²) in [4.78, 5) is 10.7. The van der Waals surface area contributed by atoms with Crippen LogP contribution in [-0.4, -0.2) is 33.9 Å². The standard InChI is InChI=1S/C22H24ClN3O2S.C2H6/c1-22(2,3)16-8-6-15(7-9-16)20-24-25-21(29-13-5-12-27)26(20)17-10-11-19(28-4)18(23)14-17;1-2/h6-12,14H,5,13H2,1-4H3;1-2H3. The van der Waals surface area contributed by atoms with Crippen LogP contribution < -0.4 is 4.74 Å². The van der Waals surface area contributed by atoms with Gasteiger partial charge in [-0.3, -0.25) is 4.57 Å². The predicted molar refractivity (Wildman–Crippen MR) is 130 cm³/mol. The molecule has 3 aromatic rings. The van der Waals surface area contributed by atoms with Gasteiger partial charge in [-0.2, -0.15) is 0 Å². The lowest BCUT2D eigenvalue weighted by molar-refractivity contribution is -0.107.